The van der Waals surface area contributed by atoms with Gasteiger partial charge in [0.2, 0.25) is 0 Å². The van der Waals surface area contributed by atoms with Crippen molar-refractivity contribution in [2.24, 2.45) is 11.8 Å². The zero-order valence-corrected chi connectivity index (χ0v) is 13.2. The Morgan fingerprint density at radius 2 is 2.10 bits per heavy atom. The van der Waals surface area contributed by atoms with E-state index in [-0.39, 0.29) is 4.90 Å². The van der Waals surface area contributed by atoms with Crippen LogP contribution in [-0.4, -0.2) is 30.5 Å². The van der Waals surface area contributed by atoms with Gasteiger partial charge in [0.15, 0.2) is 0 Å². The minimum Gasteiger partial charge on any atom is -0.244 e. The van der Waals surface area contributed by atoms with Gasteiger partial charge in [-0.2, -0.15) is 14.3 Å². The second-order valence-electron chi connectivity index (χ2n) is 5.68. The molecule has 1 fully saturated rings. The number of nitrogens with two attached hydrogens (primary N) is 1. The molecule has 112 valence electrons. The lowest BCUT2D eigenvalue weighted by Crippen LogP contribution is -2.56. The number of pyridine rings is 1. The highest BCUT2D eigenvalue weighted by atomic mass is 35.5. The lowest BCUT2D eigenvalue weighted by molar-refractivity contribution is -0.806. The summed E-state index contributed by atoms with van der Waals surface area (Å²) < 4.78 is 25.6. The molecule has 2 atom stereocenters. The molecule has 1 aromatic heterocycles. The number of benzene rings is 1. The van der Waals surface area contributed by atoms with E-state index in [1.807, 2.05) is 6.92 Å². The van der Waals surface area contributed by atoms with E-state index in [9.17, 15) is 8.42 Å². The Bertz CT molecular complexity index is 809. The normalized spacial score (nSPS) is 26.3. The summed E-state index contributed by atoms with van der Waals surface area (Å²) in [7, 11) is -3.69. The smallest absolute Gasteiger partial charge is 0.244 e. The Hall–Kier alpha value is -1.21. The van der Waals surface area contributed by atoms with E-state index in [1.165, 1.54) is 6.20 Å². The first kappa shape index (κ1) is 14.7. The fourth-order valence-corrected chi connectivity index (χ4v) is 5.05. The number of quaternary nitrogens is 1. The fourth-order valence-electron chi connectivity index (χ4n) is 2.93. The minimum atomic E-state index is -3.69. The van der Waals surface area contributed by atoms with Crippen molar-refractivity contribution in [1.29, 1.82) is 0 Å². The molecule has 0 radical (unpaired) electrons. The van der Waals surface area contributed by atoms with Crippen molar-refractivity contribution >= 4 is 32.4 Å². The SMILES string of the molecule is CC1CC[N+](N)(S(=O)(=O)c2cccc3c(Cl)nccc23)C1. The topological polar surface area (TPSA) is 73.1 Å². The third-order valence-electron chi connectivity index (χ3n) is 4.10. The number of hydrogen-bond donors (Lipinski definition) is 1. The molecule has 2 unspecified atom stereocenters. The molecule has 1 aliphatic heterocycles. The van der Waals surface area contributed by atoms with E-state index in [2.05, 4.69) is 4.98 Å². The second kappa shape index (κ2) is 4.91. The molecular weight excluding hydrogens is 310 g/mol. The zero-order valence-electron chi connectivity index (χ0n) is 11.7. The van der Waals surface area contributed by atoms with Crippen LogP contribution >= 0.6 is 11.6 Å². The molecule has 0 bridgehead atoms. The van der Waals surface area contributed by atoms with Crippen LogP contribution in [0.2, 0.25) is 5.15 Å². The second-order valence-corrected chi connectivity index (χ2v) is 8.16. The third kappa shape index (κ3) is 2.23. The van der Waals surface area contributed by atoms with Crippen LogP contribution in [0.15, 0.2) is 35.4 Å². The Labute approximate surface area is 128 Å². The van der Waals surface area contributed by atoms with Gasteiger partial charge in [-0.05, 0) is 12.1 Å². The van der Waals surface area contributed by atoms with E-state index < -0.39 is 14.0 Å². The van der Waals surface area contributed by atoms with Crippen LogP contribution in [-0.2, 0) is 10.0 Å². The van der Waals surface area contributed by atoms with Crippen LogP contribution in [0.25, 0.3) is 10.8 Å². The maximum atomic E-state index is 13.0. The summed E-state index contributed by atoms with van der Waals surface area (Å²) in [5, 5.41) is 1.49. The molecule has 2 N–H and O–H groups in total. The summed E-state index contributed by atoms with van der Waals surface area (Å²) in [6, 6.07) is 6.69. The van der Waals surface area contributed by atoms with Gasteiger partial charge in [0.25, 0.3) is 0 Å². The highest BCUT2D eigenvalue weighted by molar-refractivity contribution is 7.86. The number of fused-ring (bicyclic) bond motifs is 1. The third-order valence-corrected chi connectivity index (χ3v) is 6.60. The van der Waals surface area contributed by atoms with Gasteiger partial charge in [0.05, 0.1) is 0 Å². The van der Waals surface area contributed by atoms with Crippen LogP contribution in [0, 0.1) is 5.92 Å². The minimum absolute atomic E-state index is 0.223. The van der Waals surface area contributed by atoms with Crippen LogP contribution < -0.4 is 5.84 Å². The van der Waals surface area contributed by atoms with Gasteiger partial charge >= 0.3 is 10.0 Å². The van der Waals surface area contributed by atoms with Crippen LogP contribution in [0.1, 0.15) is 13.3 Å². The highest BCUT2D eigenvalue weighted by Crippen LogP contribution is 2.33. The largest absolute Gasteiger partial charge is 0.345 e. The van der Waals surface area contributed by atoms with Gasteiger partial charge in [-0.15, -0.1) is 4.00 Å². The molecule has 0 spiro atoms. The first-order valence-corrected chi connectivity index (χ1v) is 8.61. The van der Waals surface area contributed by atoms with Crippen molar-refractivity contribution in [1.82, 2.24) is 4.98 Å². The number of aromatic nitrogens is 1. The maximum absolute atomic E-state index is 13.0. The quantitative estimate of drug-likeness (QED) is 0.522. The Morgan fingerprint density at radius 3 is 2.76 bits per heavy atom. The number of halogens is 1. The summed E-state index contributed by atoms with van der Waals surface area (Å²) >= 11 is 6.05. The van der Waals surface area contributed by atoms with Crippen molar-refractivity contribution in [3.05, 3.63) is 35.6 Å². The van der Waals surface area contributed by atoms with Crippen LogP contribution in [0.4, 0.5) is 0 Å². The van der Waals surface area contributed by atoms with Gasteiger partial charge in [-0.25, -0.2) is 4.98 Å². The van der Waals surface area contributed by atoms with E-state index in [1.54, 1.807) is 24.3 Å². The summed E-state index contributed by atoms with van der Waals surface area (Å²) in [5.41, 5.74) is 0. The molecule has 1 saturated heterocycles. The van der Waals surface area contributed by atoms with Crippen molar-refractivity contribution in [2.45, 2.75) is 18.2 Å². The Balaban J connectivity index is 2.23. The van der Waals surface area contributed by atoms with Crippen LogP contribution in [0.3, 0.4) is 0 Å². The highest BCUT2D eigenvalue weighted by Gasteiger charge is 2.46. The van der Waals surface area contributed by atoms with Crippen molar-refractivity contribution in [2.75, 3.05) is 13.1 Å². The monoisotopic (exact) mass is 326 g/mol. The van der Waals surface area contributed by atoms with Gasteiger partial charge in [-0.3, -0.25) is 0 Å². The van der Waals surface area contributed by atoms with E-state index in [4.69, 9.17) is 17.4 Å². The van der Waals surface area contributed by atoms with Crippen molar-refractivity contribution in [3.8, 4) is 0 Å². The number of hydrogen-bond acceptors (Lipinski definition) is 4. The molecule has 5 nitrogen and oxygen atoms in total. The van der Waals surface area contributed by atoms with Gasteiger partial charge < -0.3 is 0 Å². The molecule has 0 saturated carbocycles. The standard InChI is InChI=1S/C14H17ClN3O2S/c1-10-6-8-18(16,9-10)21(19,20)13-4-2-3-12-11(13)5-7-17-14(12)15/h2-5,7,10H,6,8-9,16H2,1H3/q+1. The average Bonchev–Trinajstić information content (AvgIpc) is 2.80. The van der Waals surface area contributed by atoms with Crippen LogP contribution in [0.5, 0.6) is 0 Å². The summed E-state index contributed by atoms with van der Waals surface area (Å²) in [4.78, 5) is 4.21. The summed E-state index contributed by atoms with van der Waals surface area (Å²) in [6.45, 7) is 2.88. The zero-order chi connectivity index (χ0) is 15.3. The van der Waals surface area contributed by atoms with Gasteiger partial charge in [-0.1, -0.05) is 30.7 Å². The molecule has 21 heavy (non-hydrogen) atoms. The average molecular weight is 327 g/mol. The Morgan fingerprint density at radius 1 is 1.33 bits per heavy atom. The molecule has 2 heterocycles. The van der Waals surface area contributed by atoms with E-state index in [0.29, 0.717) is 34.9 Å². The molecule has 3 rings (SSSR count). The van der Waals surface area contributed by atoms with Gasteiger partial charge in [0.1, 0.15) is 23.1 Å². The van der Waals surface area contributed by atoms with Crippen molar-refractivity contribution < 1.29 is 12.4 Å². The number of sulfonamides is 1. The fraction of sp³-hybridized carbons (Fsp3) is 0.357. The number of nitrogens with zero attached hydrogens (tertiary/aromatic N) is 2. The molecule has 0 aliphatic carbocycles. The molecule has 1 aromatic carbocycles. The predicted octanol–water partition coefficient (Wildman–Crippen LogP) is 2.31. The summed E-state index contributed by atoms with van der Waals surface area (Å²) in [6.07, 6.45) is 2.32. The van der Waals surface area contributed by atoms with Gasteiger partial charge in [0, 0.05) is 29.3 Å². The first-order valence-electron chi connectivity index (χ1n) is 6.79. The molecule has 2 aromatic rings. The lowest BCUT2D eigenvalue weighted by atomic mass is 10.2. The molecule has 0 amide bonds. The molecule has 7 heteroatoms. The first-order chi connectivity index (χ1) is 9.85. The molecule has 1 aliphatic rings. The van der Waals surface area contributed by atoms with E-state index >= 15 is 0 Å². The summed E-state index contributed by atoms with van der Waals surface area (Å²) in [5.74, 6) is 6.49. The lowest BCUT2D eigenvalue weighted by Gasteiger charge is -2.27. The van der Waals surface area contributed by atoms with E-state index in [0.717, 1.165) is 6.42 Å². The predicted molar refractivity (Wildman–Crippen MR) is 81.9 cm³/mol. The molecular formula is C14H17ClN3O2S+. The number of rotatable bonds is 2. The Kier molecular flexibility index (Phi) is 3.44. The maximum Gasteiger partial charge on any atom is 0.345 e. The van der Waals surface area contributed by atoms with Crippen molar-refractivity contribution in [3.63, 3.8) is 0 Å².